The normalized spacial score (nSPS) is 19.2. The quantitative estimate of drug-likeness (QED) is 0.874. The van der Waals surface area contributed by atoms with Crippen molar-refractivity contribution in [1.82, 2.24) is 4.72 Å². The Hall–Kier alpha value is -0.390. The van der Waals surface area contributed by atoms with Crippen LogP contribution in [-0.2, 0) is 15.4 Å². The van der Waals surface area contributed by atoms with Gasteiger partial charge in [-0.3, -0.25) is 0 Å². The summed E-state index contributed by atoms with van der Waals surface area (Å²) in [5.41, 5.74) is 1.35. The van der Waals surface area contributed by atoms with Crippen LogP contribution in [0.1, 0.15) is 44.6 Å². The summed E-state index contributed by atoms with van der Waals surface area (Å²) in [5, 5.41) is 4.25. The summed E-state index contributed by atoms with van der Waals surface area (Å²) in [7, 11) is -3.09. The van der Waals surface area contributed by atoms with E-state index in [1.165, 1.54) is 18.4 Å². The lowest BCUT2D eigenvalue weighted by Crippen LogP contribution is -2.39. The lowest BCUT2D eigenvalue weighted by molar-refractivity contribution is 0.433. The van der Waals surface area contributed by atoms with E-state index in [-0.39, 0.29) is 11.2 Å². The predicted octanol–water partition coefficient (Wildman–Crippen LogP) is 2.89. The maximum Gasteiger partial charge on any atom is 0.211 e. The molecule has 5 heteroatoms. The standard InChI is InChI=1S/C13H21NO2S2/c1-2-9-18(15,16)14-11-13(6-3-4-7-13)12-5-8-17-10-12/h5,8,10,14H,2-4,6-7,9,11H2,1H3. The fraction of sp³-hybridized carbons (Fsp3) is 0.692. The molecule has 2 rings (SSSR count). The molecule has 0 spiro atoms. The Morgan fingerprint density at radius 1 is 1.39 bits per heavy atom. The molecular formula is C13H21NO2S2. The molecule has 102 valence electrons. The van der Waals surface area contributed by atoms with E-state index in [2.05, 4.69) is 21.5 Å². The molecular weight excluding hydrogens is 266 g/mol. The topological polar surface area (TPSA) is 46.2 Å². The first-order chi connectivity index (χ1) is 8.58. The van der Waals surface area contributed by atoms with Gasteiger partial charge in [0.25, 0.3) is 0 Å². The molecule has 1 saturated carbocycles. The molecule has 0 saturated heterocycles. The fourth-order valence-corrected chi connectivity index (χ4v) is 4.73. The number of nitrogens with one attached hydrogen (secondary N) is 1. The molecule has 1 aromatic heterocycles. The van der Waals surface area contributed by atoms with Crippen LogP contribution in [0, 0.1) is 0 Å². The van der Waals surface area contributed by atoms with Crippen LogP contribution in [0.5, 0.6) is 0 Å². The predicted molar refractivity (Wildman–Crippen MR) is 76.5 cm³/mol. The Labute approximate surface area is 114 Å². The van der Waals surface area contributed by atoms with Crippen molar-refractivity contribution in [3.8, 4) is 0 Å². The minimum atomic E-state index is -3.09. The number of sulfonamides is 1. The number of hydrogen-bond acceptors (Lipinski definition) is 3. The smallest absolute Gasteiger partial charge is 0.211 e. The van der Waals surface area contributed by atoms with Crippen LogP contribution in [0.15, 0.2) is 16.8 Å². The Kier molecular flexibility index (Phi) is 4.45. The summed E-state index contributed by atoms with van der Waals surface area (Å²) in [6.07, 6.45) is 5.26. The highest BCUT2D eigenvalue weighted by molar-refractivity contribution is 7.89. The maximum atomic E-state index is 11.8. The van der Waals surface area contributed by atoms with E-state index >= 15 is 0 Å². The maximum absolute atomic E-state index is 11.8. The summed E-state index contributed by atoms with van der Waals surface area (Å²) >= 11 is 1.69. The molecule has 0 aliphatic heterocycles. The van der Waals surface area contributed by atoms with Crippen LogP contribution in [0.2, 0.25) is 0 Å². The van der Waals surface area contributed by atoms with Gasteiger partial charge in [0, 0.05) is 12.0 Å². The zero-order valence-corrected chi connectivity index (χ0v) is 12.4. The van der Waals surface area contributed by atoms with Crippen molar-refractivity contribution in [3.63, 3.8) is 0 Å². The summed E-state index contributed by atoms with van der Waals surface area (Å²) in [6, 6.07) is 2.14. The second kappa shape index (κ2) is 5.72. The largest absolute Gasteiger partial charge is 0.214 e. The van der Waals surface area contributed by atoms with Crippen LogP contribution < -0.4 is 4.72 Å². The van der Waals surface area contributed by atoms with Crippen molar-refractivity contribution in [2.24, 2.45) is 0 Å². The van der Waals surface area contributed by atoms with Gasteiger partial charge in [-0.15, -0.1) is 0 Å². The van der Waals surface area contributed by atoms with Gasteiger partial charge in [-0.25, -0.2) is 13.1 Å². The average molecular weight is 287 g/mol. The zero-order valence-electron chi connectivity index (χ0n) is 10.8. The van der Waals surface area contributed by atoms with Gasteiger partial charge < -0.3 is 0 Å². The highest BCUT2D eigenvalue weighted by atomic mass is 32.2. The fourth-order valence-electron chi connectivity index (χ4n) is 2.77. The van der Waals surface area contributed by atoms with Crippen LogP contribution in [0.4, 0.5) is 0 Å². The molecule has 0 radical (unpaired) electrons. The van der Waals surface area contributed by atoms with Crippen LogP contribution in [0.25, 0.3) is 0 Å². The second-order valence-corrected chi connectivity index (χ2v) is 7.85. The molecule has 0 bridgehead atoms. The van der Waals surface area contributed by atoms with Gasteiger partial charge in [-0.1, -0.05) is 19.8 Å². The molecule has 0 amide bonds. The van der Waals surface area contributed by atoms with E-state index in [1.807, 2.05) is 6.92 Å². The van der Waals surface area contributed by atoms with Gasteiger partial charge in [-0.05, 0) is 41.7 Å². The third-order valence-electron chi connectivity index (χ3n) is 3.80. The molecule has 1 fully saturated rings. The number of hydrogen-bond donors (Lipinski definition) is 1. The monoisotopic (exact) mass is 287 g/mol. The van der Waals surface area contributed by atoms with E-state index in [0.29, 0.717) is 13.0 Å². The Morgan fingerprint density at radius 3 is 2.67 bits per heavy atom. The summed E-state index contributed by atoms with van der Waals surface area (Å²) in [4.78, 5) is 0. The first-order valence-electron chi connectivity index (χ1n) is 6.58. The zero-order chi connectivity index (χ0) is 13.1. The van der Waals surface area contributed by atoms with Crippen LogP contribution >= 0.6 is 11.3 Å². The van der Waals surface area contributed by atoms with Gasteiger partial charge in [0.05, 0.1) is 5.75 Å². The Morgan fingerprint density at radius 2 is 2.11 bits per heavy atom. The minimum absolute atomic E-state index is 0.0425. The van der Waals surface area contributed by atoms with E-state index in [1.54, 1.807) is 11.3 Å². The van der Waals surface area contributed by atoms with Crippen molar-refractivity contribution < 1.29 is 8.42 Å². The molecule has 0 unspecified atom stereocenters. The van der Waals surface area contributed by atoms with E-state index in [0.717, 1.165) is 12.8 Å². The van der Waals surface area contributed by atoms with E-state index < -0.39 is 10.0 Å². The lowest BCUT2D eigenvalue weighted by Gasteiger charge is -2.28. The van der Waals surface area contributed by atoms with E-state index in [9.17, 15) is 8.42 Å². The molecule has 0 aromatic carbocycles. The van der Waals surface area contributed by atoms with Crippen molar-refractivity contribution >= 4 is 21.4 Å². The number of thiophene rings is 1. The second-order valence-electron chi connectivity index (χ2n) is 5.14. The van der Waals surface area contributed by atoms with Crippen LogP contribution in [0.3, 0.4) is 0 Å². The molecule has 1 heterocycles. The highest BCUT2D eigenvalue weighted by Crippen LogP contribution is 2.41. The average Bonchev–Trinajstić information content (AvgIpc) is 2.99. The molecule has 18 heavy (non-hydrogen) atoms. The minimum Gasteiger partial charge on any atom is -0.214 e. The van der Waals surface area contributed by atoms with Gasteiger partial charge in [-0.2, -0.15) is 11.3 Å². The molecule has 1 aromatic rings. The lowest BCUT2D eigenvalue weighted by atomic mass is 9.81. The Balaban J connectivity index is 2.09. The molecule has 1 aliphatic rings. The first-order valence-corrected chi connectivity index (χ1v) is 9.17. The van der Waals surface area contributed by atoms with Gasteiger partial charge in [0.15, 0.2) is 0 Å². The molecule has 0 atom stereocenters. The van der Waals surface area contributed by atoms with Gasteiger partial charge in [0.2, 0.25) is 10.0 Å². The Bertz CT molecular complexity index is 459. The van der Waals surface area contributed by atoms with Gasteiger partial charge >= 0.3 is 0 Å². The third kappa shape index (κ3) is 3.13. The third-order valence-corrected chi connectivity index (χ3v) is 6.01. The van der Waals surface area contributed by atoms with Crippen molar-refractivity contribution in [1.29, 1.82) is 0 Å². The molecule has 1 N–H and O–H groups in total. The first kappa shape index (κ1) is 14.0. The summed E-state index contributed by atoms with van der Waals surface area (Å²) in [6.45, 7) is 2.45. The van der Waals surface area contributed by atoms with Crippen molar-refractivity contribution in [2.75, 3.05) is 12.3 Å². The van der Waals surface area contributed by atoms with Gasteiger partial charge in [0.1, 0.15) is 0 Å². The number of rotatable bonds is 6. The van der Waals surface area contributed by atoms with Crippen LogP contribution in [-0.4, -0.2) is 20.7 Å². The molecule has 3 nitrogen and oxygen atoms in total. The SMILES string of the molecule is CCCS(=O)(=O)NCC1(c2ccsc2)CCCC1. The summed E-state index contributed by atoms with van der Waals surface area (Å²) in [5.74, 6) is 0.229. The van der Waals surface area contributed by atoms with E-state index in [4.69, 9.17) is 0 Å². The van der Waals surface area contributed by atoms with Crippen molar-refractivity contribution in [2.45, 2.75) is 44.4 Å². The highest BCUT2D eigenvalue weighted by Gasteiger charge is 2.36. The molecule has 1 aliphatic carbocycles. The van der Waals surface area contributed by atoms with Crippen molar-refractivity contribution in [3.05, 3.63) is 22.4 Å². The summed E-state index contributed by atoms with van der Waals surface area (Å²) < 4.78 is 26.4.